The van der Waals surface area contributed by atoms with Gasteiger partial charge in [-0.2, -0.15) is 0 Å². The van der Waals surface area contributed by atoms with E-state index in [2.05, 4.69) is 73.1 Å². The molecule has 32 heavy (non-hydrogen) atoms. The van der Waals surface area contributed by atoms with Crippen LogP contribution in [0.4, 0.5) is 0 Å². The van der Waals surface area contributed by atoms with Gasteiger partial charge in [-0.3, -0.25) is 9.88 Å². The predicted octanol–water partition coefficient (Wildman–Crippen LogP) is 2.88. The van der Waals surface area contributed by atoms with Crippen molar-refractivity contribution in [2.24, 2.45) is 0 Å². The number of aromatic nitrogens is 3. The first kappa shape index (κ1) is 21.1. The van der Waals surface area contributed by atoms with Gasteiger partial charge in [-0.05, 0) is 55.0 Å². The number of hydrogen-bond acceptors (Lipinski definition) is 5. The van der Waals surface area contributed by atoms with Gasteiger partial charge in [0.25, 0.3) is 0 Å². The Balaban J connectivity index is 1.49. The van der Waals surface area contributed by atoms with Crippen molar-refractivity contribution in [3.05, 3.63) is 78.0 Å². The monoisotopic (exact) mass is 448 g/mol. The summed E-state index contributed by atoms with van der Waals surface area (Å²) in [6.07, 6.45) is 5.82. The van der Waals surface area contributed by atoms with E-state index in [1.54, 1.807) is 0 Å². The average molecular weight is 449 g/mol. The van der Waals surface area contributed by atoms with Crippen LogP contribution < -0.4 is 5.32 Å². The first-order valence-corrected chi connectivity index (χ1v) is 11.5. The molecule has 3 aromatic heterocycles. The van der Waals surface area contributed by atoms with Crippen molar-refractivity contribution in [1.29, 1.82) is 0 Å². The van der Waals surface area contributed by atoms with E-state index in [0.717, 1.165) is 67.3 Å². The van der Waals surface area contributed by atoms with Gasteiger partial charge < -0.3 is 19.5 Å². The summed E-state index contributed by atoms with van der Waals surface area (Å²) in [4.78, 5) is 14.1. The minimum atomic E-state index is -0.0347. The molecule has 0 saturated carbocycles. The number of hydrogen-bond donors (Lipinski definition) is 1. The Labute approximate surface area is 194 Å². The largest absolute Gasteiger partial charge is 0.379 e. The average Bonchev–Trinajstić information content (AvgIpc) is 3.43. The van der Waals surface area contributed by atoms with Crippen LogP contribution in [0.3, 0.4) is 0 Å². The van der Waals surface area contributed by atoms with Crippen LogP contribution in [0.1, 0.15) is 29.0 Å². The van der Waals surface area contributed by atoms with E-state index in [4.69, 9.17) is 17.0 Å². The molecule has 2 saturated heterocycles. The van der Waals surface area contributed by atoms with E-state index in [1.165, 1.54) is 0 Å². The van der Waals surface area contributed by atoms with E-state index in [9.17, 15) is 0 Å². The fraction of sp³-hybridized carbons (Fsp3) is 0.375. The van der Waals surface area contributed by atoms with Crippen LogP contribution in [0.15, 0.2) is 61.1 Å². The van der Waals surface area contributed by atoms with Gasteiger partial charge in [-0.1, -0.05) is 12.1 Å². The molecule has 0 aromatic carbocycles. The van der Waals surface area contributed by atoms with Crippen molar-refractivity contribution in [3.8, 4) is 5.82 Å². The lowest BCUT2D eigenvalue weighted by molar-refractivity contribution is 0.0349. The Kier molecular flexibility index (Phi) is 6.16. The number of thiocarbonyl (C=S) groups is 1. The summed E-state index contributed by atoms with van der Waals surface area (Å²) in [6, 6.07) is 14.4. The molecule has 0 radical (unpaired) electrons. The minimum absolute atomic E-state index is 0.0107. The number of aryl methyl sites for hydroxylation is 1. The third-order valence-corrected chi connectivity index (χ3v) is 6.54. The highest BCUT2D eigenvalue weighted by Crippen LogP contribution is 2.39. The molecule has 0 amide bonds. The minimum Gasteiger partial charge on any atom is -0.379 e. The highest BCUT2D eigenvalue weighted by molar-refractivity contribution is 7.80. The topological polar surface area (TPSA) is 58.5 Å². The Morgan fingerprint density at radius 3 is 2.69 bits per heavy atom. The molecule has 2 atom stereocenters. The molecule has 166 valence electrons. The van der Waals surface area contributed by atoms with Crippen molar-refractivity contribution in [3.63, 3.8) is 0 Å². The van der Waals surface area contributed by atoms with Gasteiger partial charge in [0.15, 0.2) is 5.11 Å². The molecule has 0 bridgehead atoms. The van der Waals surface area contributed by atoms with Crippen LogP contribution >= 0.6 is 12.2 Å². The molecule has 7 nitrogen and oxygen atoms in total. The molecular formula is C24H28N6OS. The van der Waals surface area contributed by atoms with Crippen molar-refractivity contribution in [2.75, 3.05) is 39.4 Å². The van der Waals surface area contributed by atoms with Crippen LogP contribution in [0.25, 0.3) is 5.82 Å². The predicted molar refractivity (Wildman–Crippen MR) is 128 cm³/mol. The van der Waals surface area contributed by atoms with E-state index in [1.807, 2.05) is 24.5 Å². The third-order valence-electron chi connectivity index (χ3n) is 6.18. The quantitative estimate of drug-likeness (QED) is 0.582. The first-order chi connectivity index (χ1) is 15.7. The highest BCUT2D eigenvalue weighted by Gasteiger charge is 2.41. The van der Waals surface area contributed by atoms with Crippen LogP contribution in [0.2, 0.25) is 0 Å². The Bertz CT molecular complexity index is 1050. The molecule has 5 rings (SSSR count). The molecule has 2 aliphatic heterocycles. The van der Waals surface area contributed by atoms with Gasteiger partial charge in [0.2, 0.25) is 0 Å². The van der Waals surface area contributed by atoms with Gasteiger partial charge in [-0.25, -0.2) is 4.98 Å². The number of nitrogens with zero attached hydrogens (tertiary/aromatic N) is 5. The van der Waals surface area contributed by atoms with E-state index < -0.39 is 0 Å². The number of rotatable bonds is 6. The maximum atomic E-state index is 5.83. The number of pyridine rings is 2. The van der Waals surface area contributed by atoms with Gasteiger partial charge in [0, 0.05) is 50.5 Å². The van der Waals surface area contributed by atoms with Gasteiger partial charge in [0.1, 0.15) is 5.82 Å². The molecule has 1 N–H and O–H groups in total. The highest BCUT2D eigenvalue weighted by atomic mass is 32.1. The Hall–Kier alpha value is -2.81. The van der Waals surface area contributed by atoms with Gasteiger partial charge in [0.05, 0.1) is 31.0 Å². The zero-order valence-electron chi connectivity index (χ0n) is 18.2. The molecule has 0 aliphatic carbocycles. The van der Waals surface area contributed by atoms with Gasteiger partial charge >= 0.3 is 0 Å². The molecule has 3 aromatic rings. The standard InChI is InChI=1S/C24H28N6OS/c1-18-7-8-21(26-17-18)29-10-4-6-20(29)23-22(19-5-2-3-9-25-19)27-24(32)30(23)12-11-28-13-15-31-16-14-28/h2-10,17,22-23H,11-16H2,1H3,(H,27,32)/t22-,23+/m1/s1. The molecule has 8 heteroatoms. The Morgan fingerprint density at radius 2 is 1.94 bits per heavy atom. The van der Waals surface area contributed by atoms with Crippen molar-refractivity contribution < 1.29 is 4.74 Å². The summed E-state index contributed by atoms with van der Waals surface area (Å²) < 4.78 is 7.67. The SMILES string of the molecule is Cc1ccc(-n2cccc2[C@H]2[C@@H](c3ccccn3)NC(=S)N2CCN2CCOCC2)nc1. The number of nitrogens with one attached hydrogen (secondary N) is 1. The lowest BCUT2D eigenvalue weighted by Crippen LogP contribution is -2.42. The summed E-state index contributed by atoms with van der Waals surface area (Å²) in [6.45, 7) is 7.36. The summed E-state index contributed by atoms with van der Waals surface area (Å²) in [5.74, 6) is 0.904. The fourth-order valence-corrected chi connectivity index (χ4v) is 4.82. The van der Waals surface area contributed by atoms with Crippen LogP contribution in [-0.4, -0.2) is 68.8 Å². The lowest BCUT2D eigenvalue weighted by Gasteiger charge is -2.32. The zero-order valence-corrected chi connectivity index (χ0v) is 19.0. The summed E-state index contributed by atoms with van der Waals surface area (Å²) in [5.41, 5.74) is 3.27. The smallest absolute Gasteiger partial charge is 0.170 e. The van der Waals surface area contributed by atoms with E-state index >= 15 is 0 Å². The van der Waals surface area contributed by atoms with Crippen molar-refractivity contribution in [2.45, 2.75) is 19.0 Å². The number of morpholine rings is 1. The lowest BCUT2D eigenvalue weighted by atomic mass is 10.0. The number of ether oxygens (including phenoxy) is 1. The van der Waals surface area contributed by atoms with Crippen LogP contribution in [0, 0.1) is 6.92 Å². The fourth-order valence-electron chi connectivity index (χ4n) is 4.49. The van der Waals surface area contributed by atoms with E-state index in [0.29, 0.717) is 0 Å². The van der Waals surface area contributed by atoms with Crippen molar-refractivity contribution in [1.82, 2.24) is 29.7 Å². The summed E-state index contributed by atoms with van der Waals surface area (Å²) in [5, 5.41) is 4.32. The van der Waals surface area contributed by atoms with Crippen LogP contribution in [0.5, 0.6) is 0 Å². The third kappa shape index (κ3) is 4.26. The second-order valence-electron chi connectivity index (χ2n) is 8.27. The molecule has 5 heterocycles. The van der Waals surface area contributed by atoms with E-state index in [-0.39, 0.29) is 12.1 Å². The molecule has 2 aliphatic rings. The normalized spacial score (nSPS) is 21.7. The molecule has 0 unspecified atom stereocenters. The zero-order chi connectivity index (χ0) is 21.9. The maximum Gasteiger partial charge on any atom is 0.170 e. The van der Waals surface area contributed by atoms with Gasteiger partial charge in [-0.15, -0.1) is 0 Å². The second kappa shape index (κ2) is 9.36. The maximum absolute atomic E-state index is 5.83. The molecule has 0 spiro atoms. The molecule has 2 fully saturated rings. The second-order valence-corrected chi connectivity index (χ2v) is 8.66. The first-order valence-electron chi connectivity index (χ1n) is 11.1. The molecular weight excluding hydrogens is 420 g/mol. The van der Waals surface area contributed by atoms with Crippen molar-refractivity contribution >= 4 is 17.3 Å². The Morgan fingerprint density at radius 1 is 1.06 bits per heavy atom. The van der Waals surface area contributed by atoms with Crippen LogP contribution in [-0.2, 0) is 4.74 Å². The summed E-state index contributed by atoms with van der Waals surface area (Å²) in [7, 11) is 0. The summed E-state index contributed by atoms with van der Waals surface area (Å²) >= 11 is 5.83.